The monoisotopic (exact) mass is 116 g/mol. The van der Waals surface area contributed by atoms with E-state index >= 15 is 0 Å². The maximum Gasteiger partial charge on any atom is 0.252 e. The van der Waals surface area contributed by atoms with Crippen LogP contribution in [0.3, 0.4) is 0 Å². The van der Waals surface area contributed by atoms with Crippen molar-refractivity contribution in [2.45, 2.75) is 13.0 Å². The average Bonchev–Trinajstić information content (AvgIpc) is 1.64. The van der Waals surface area contributed by atoms with Gasteiger partial charge >= 0.3 is 0 Å². The molecule has 0 fully saturated rings. The number of hydrogen-bond donors (Lipinski definition) is 3. The standard InChI is InChI=1S/C4H8N2O2/c1-2(5)3(7)4(6)8/h3,5,7H,1H3,(H2,6,8). The first-order valence-corrected chi connectivity index (χ1v) is 2.08. The largest absolute Gasteiger partial charge is 0.377 e. The molecule has 4 N–H and O–H groups in total. The predicted molar refractivity (Wildman–Crippen MR) is 28.6 cm³/mol. The van der Waals surface area contributed by atoms with Crippen molar-refractivity contribution < 1.29 is 9.90 Å². The Labute approximate surface area is 46.8 Å². The Bertz CT molecular complexity index is 107. The highest BCUT2D eigenvalue weighted by Crippen LogP contribution is 1.80. The maximum absolute atomic E-state index is 9.97. The maximum atomic E-state index is 9.97. The van der Waals surface area contributed by atoms with Crippen LogP contribution in [0.1, 0.15) is 6.92 Å². The molecule has 1 unspecified atom stereocenters. The Kier molecular flexibility index (Phi) is 2.15. The highest BCUT2D eigenvalue weighted by Gasteiger charge is 2.11. The van der Waals surface area contributed by atoms with Crippen LogP contribution in [0.25, 0.3) is 0 Å². The summed E-state index contributed by atoms with van der Waals surface area (Å²) in [7, 11) is 0. The number of rotatable bonds is 2. The molecular formula is C4H8N2O2. The van der Waals surface area contributed by atoms with Crippen LogP contribution in [-0.4, -0.2) is 22.8 Å². The third-order valence-corrected chi connectivity index (χ3v) is 0.680. The minimum absolute atomic E-state index is 0.127. The molecule has 0 saturated carbocycles. The zero-order chi connectivity index (χ0) is 6.73. The van der Waals surface area contributed by atoms with Gasteiger partial charge in [-0.05, 0) is 6.92 Å². The van der Waals surface area contributed by atoms with Crippen molar-refractivity contribution >= 4 is 11.6 Å². The van der Waals surface area contributed by atoms with Crippen LogP contribution in [0.5, 0.6) is 0 Å². The van der Waals surface area contributed by atoms with Crippen LogP contribution in [-0.2, 0) is 4.79 Å². The SMILES string of the molecule is CC(=N)C(O)C(N)=O. The van der Waals surface area contributed by atoms with Crippen LogP contribution in [0.2, 0.25) is 0 Å². The highest BCUT2D eigenvalue weighted by atomic mass is 16.3. The molecule has 46 valence electrons. The van der Waals surface area contributed by atoms with E-state index in [1.54, 1.807) is 0 Å². The molecular weight excluding hydrogens is 108 g/mol. The zero-order valence-corrected chi connectivity index (χ0v) is 4.51. The Balaban J connectivity index is 3.83. The second-order valence-electron chi connectivity index (χ2n) is 1.49. The number of amides is 1. The summed E-state index contributed by atoms with van der Waals surface area (Å²) in [5, 5.41) is 15.2. The summed E-state index contributed by atoms with van der Waals surface area (Å²) in [5.74, 6) is -0.877. The smallest absolute Gasteiger partial charge is 0.252 e. The fraction of sp³-hybridized carbons (Fsp3) is 0.500. The molecule has 0 aromatic heterocycles. The van der Waals surface area contributed by atoms with Gasteiger partial charge in [-0.1, -0.05) is 0 Å². The molecule has 0 aromatic carbocycles. The summed E-state index contributed by atoms with van der Waals surface area (Å²) in [6, 6.07) is 0. The molecule has 0 bridgehead atoms. The topological polar surface area (TPSA) is 87.2 Å². The lowest BCUT2D eigenvalue weighted by atomic mass is 10.2. The second-order valence-corrected chi connectivity index (χ2v) is 1.49. The van der Waals surface area contributed by atoms with Crippen LogP contribution in [0.15, 0.2) is 0 Å². The lowest BCUT2D eigenvalue weighted by Crippen LogP contribution is -2.33. The van der Waals surface area contributed by atoms with Gasteiger partial charge in [-0.3, -0.25) is 4.79 Å². The second kappa shape index (κ2) is 2.42. The lowest BCUT2D eigenvalue weighted by Gasteiger charge is -2.00. The van der Waals surface area contributed by atoms with Crippen molar-refractivity contribution in [3.8, 4) is 0 Å². The predicted octanol–water partition coefficient (Wildman–Crippen LogP) is -1.13. The number of carbonyl (C=O) groups is 1. The quantitative estimate of drug-likeness (QED) is 0.399. The fourth-order valence-corrected chi connectivity index (χ4v) is 0.213. The Hall–Kier alpha value is -0.900. The molecule has 0 heterocycles. The number of aliphatic hydroxyl groups is 1. The fourth-order valence-electron chi connectivity index (χ4n) is 0.213. The highest BCUT2D eigenvalue weighted by molar-refractivity contribution is 6.03. The van der Waals surface area contributed by atoms with Gasteiger partial charge in [0.05, 0.1) is 0 Å². The number of carbonyl (C=O) groups excluding carboxylic acids is 1. The van der Waals surface area contributed by atoms with Crippen LogP contribution >= 0.6 is 0 Å². The van der Waals surface area contributed by atoms with Gasteiger partial charge in [0, 0.05) is 5.71 Å². The number of nitrogens with two attached hydrogens (primary N) is 1. The van der Waals surface area contributed by atoms with Crippen LogP contribution in [0, 0.1) is 5.41 Å². The molecule has 0 spiro atoms. The molecule has 0 aliphatic heterocycles. The summed E-state index contributed by atoms with van der Waals surface area (Å²) in [4.78, 5) is 9.97. The summed E-state index contributed by atoms with van der Waals surface area (Å²) in [6.45, 7) is 1.31. The molecule has 0 radical (unpaired) electrons. The lowest BCUT2D eigenvalue weighted by molar-refractivity contribution is -0.123. The van der Waals surface area contributed by atoms with Crippen molar-refractivity contribution in [1.29, 1.82) is 5.41 Å². The Morgan fingerprint density at radius 3 is 2.25 bits per heavy atom. The van der Waals surface area contributed by atoms with Crippen molar-refractivity contribution in [3.05, 3.63) is 0 Å². The van der Waals surface area contributed by atoms with Crippen LogP contribution < -0.4 is 5.73 Å². The van der Waals surface area contributed by atoms with Gasteiger partial charge in [-0.2, -0.15) is 0 Å². The van der Waals surface area contributed by atoms with Gasteiger partial charge < -0.3 is 16.2 Å². The zero-order valence-electron chi connectivity index (χ0n) is 4.51. The first-order valence-electron chi connectivity index (χ1n) is 2.08. The molecule has 1 atom stereocenters. The number of primary amides is 1. The van der Waals surface area contributed by atoms with Gasteiger partial charge in [0.1, 0.15) is 0 Å². The van der Waals surface area contributed by atoms with E-state index in [-0.39, 0.29) is 5.71 Å². The molecule has 0 aliphatic rings. The third-order valence-electron chi connectivity index (χ3n) is 0.680. The normalized spacial score (nSPS) is 12.8. The minimum Gasteiger partial charge on any atom is -0.377 e. The first-order chi connectivity index (χ1) is 3.55. The molecule has 0 aliphatic carbocycles. The van der Waals surface area contributed by atoms with E-state index in [0.717, 1.165) is 0 Å². The molecule has 0 aromatic rings. The van der Waals surface area contributed by atoms with E-state index in [1.165, 1.54) is 6.92 Å². The van der Waals surface area contributed by atoms with Crippen molar-refractivity contribution in [2.75, 3.05) is 0 Å². The molecule has 4 nitrogen and oxygen atoms in total. The van der Waals surface area contributed by atoms with Crippen molar-refractivity contribution in [2.24, 2.45) is 5.73 Å². The van der Waals surface area contributed by atoms with E-state index < -0.39 is 12.0 Å². The molecule has 0 saturated heterocycles. The van der Waals surface area contributed by atoms with E-state index in [4.69, 9.17) is 10.5 Å². The van der Waals surface area contributed by atoms with E-state index in [9.17, 15) is 4.79 Å². The average molecular weight is 116 g/mol. The minimum atomic E-state index is -1.41. The van der Waals surface area contributed by atoms with E-state index in [0.29, 0.717) is 0 Å². The van der Waals surface area contributed by atoms with Gasteiger partial charge in [0.2, 0.25) is 0 Å². The van der Waals surface area contributed by atoms with Crippen LogP contribution in [0.4, 0.5) is 0 Å². The van der Waals surface area contributed by atoms with Gasteiger partial charge in [0.25, 0.3) is 5.91 Å². The molecule has 4 heteroatoms. The summed E-state index contributed by atoms with van der Waals surface area (Å²) < 4.78 is 0. The number of hydrogen-bond acceptors (Lipinski definition) is 3. The molecule has 1 amide bonds. The first kappa shape index (κ1) is 7.10. The van der Waals surface area contributed by atoms with Gasteiger partial charge in [-0.15, -0.1) is 0 Å². The number of nitrogens with one attached hydrogen (secondary N) is 1. The van der Waals surface area contributed by atoms with Crippen molar-refractivity contribution in [3.63, 3.8) is 0 Å². The summed E-state index contributed by atoms with van der Waals surface area (Å²) >= 11 is 0. The summed E-state index contributed by atoms with van der Waals surface area (Å²) in [6.07, 6.45) is -1.41. The van der Waals surface area contributed by atoms with E-state index in [2.05, 4.69) is 5.73 Å². The molecule has 8 heavy (non-hydrogen) atoms. The Morgan fingerprint density at radius 2 is 2.25 bits per heavy atom. The number of aliphatic hydroxyl groups excluding tert-OH is 1. The Morgan fingerprint density at radius 1 is 1.88 bits per heavy atom. The van der Waals surface area contributed by atoms with Gasteiger partial charge in [0.15, 0.2) is 6.10 Å². The van der Waals surface area contributed by atoms with Gasteiger partial charge in [-0.25, -0.2) is 0 Å². The third kappa shape index (κ3) is 1.70. The van der Waals surface area contributed by atoms with E-state index in [1.807, 2.05) is 0 Å². The molecule has 0 rings (SSSR count). The van der Waals surface area contributed by atoms with Crippen molar-refractivity contribution in [1.82, 2.24) is 0 Å². The summed E-state index contributed by atoms with van der Waals surface area (Å²) in [5.41, 5.74) is 4.48.